The average molecular weight is 357 g/mol. The number of hydrogen-bond donors (Lipinski definition) is 3. The summed E-state index contributed by atoms with van der Waals surface area (Å²) in [6.45, 7) is 0. The van der Waals surface area contributed by atoms with E-state index in [9.17, 15) is 9.90 Å². The Morgan fingerprint density at radius 3 is 2.19 bits per heavy atom. The molecule has 1 amide bonds. The Morgan fingerprint density at radius 2 is 1.65 bits per heavy atom. The molecule has 0 saturated heterocycles. The van der Waals surface area contributed by atoms with Gasteiger partial charge in [-0.1, -0.05) is 19.3 Å². The molecule has 5 nitrogen and oxygen atoms in total. The van der Waals surface area contributed by atoms with Crippen molar-refractivity contribution in [3.05, 3.63) is 17.2 Å². The minimum atomic E-state index is -0.660. The van der Waals surface area contributed by atoms with E-state index >= 15 is 0 Å². The smallest absolute Gasteiger partial charge is 0.267 e. The van der Waals surface area contributed by atoms with Crippen LogP contribution in [0.1, 0.15) is 105 Å². The zero-order valence-electron chi connectivity index (χ0n) is 15.5. The fourth-order valence-electron chi connectivity index (χ4n) is 7.16. The summed E-state index contributed by atoms with van der Waals surface area (Å²) in [5, 5.41) is 11.4. The minimum absolute atomic E-state index is 0.0853. The number of amides is 1. The molecule has 1 heterocycles. The Morgan fingerprint density at radius 1 is 1.08 bits per heavy atom. The molecule has 1 aromatic heterocycles. The lowest BCUT2D eigenvalue weighted by atomic mass is 9.48. The molecular weight excluding hydrogens is 326 g/mol. The van der Waals surface area contributed by atoms with Crippen molar-refractivity contribution in [3.63, 3.8) is 0 Å². The number of nitrogens with zero attached hydrogens (tertiary/aromatic N) is 1. The summed E-state index contributed by atoms with van der Waals surface area (Å²) < 4.78 is 0. The summed E-state index contributed by atoms with van der Waals surface area (Å²) in [5.74, 6) is 3.02. The highest BCUT2D eigenvalue weighted by Crippen LogP contribution is 2.64. The lowest BCUT2D eigenvalue weighted by molar-refractivity contribution is -0.123. The van der Waals surface area contributed by atoms with Gasteiger partial charge in [-0.2, -0.15) is 0 Å². The highest BCUT2D eigenvalue weighted by Gasteiger charge is 2.55. The fraction of sp³-hybridized carbons (Fsp3) is 0.810. The number of aliphatic hydroxyl groups excluding tert-OH is 1. The monoisotopic (exact) mass is 357 g/mol. The molecule has 0 aliphatic heterocycles. The molecule has 1 unspecified atom stereocenters. The SMILES string of the molecule is NC(=O)c1[nH]c(C2CCCCC2)nc1C(O)C12CC3CC(CC(C3)C1)C2. The maximum Gasteiger partial charge on any atom is 0.267 e. The van der Waals surface area contributed by atoms with Gasteiger partial charge in [-0.05, 0) is 69.1 Å². The number of aromatic amines is 1. The largest absolute Gasteiger partial charge is 0.386 e. The fourth-order valence-corrected chi connectivity index (χ4v) is 7.16. The van der Waals surface area contributed by atoms with E-state index in [-0.39, 0.29) is 5.41 Å². The number of imidazole rings is 1. The summed E-state index contributed by atoms with van der Waals surface area (Å²) in [4.78, 5) is 20.1. The van der Waals surface area contributed by atoms with Crippen LogP contribution in [0.3, 0.4) is 0 Å². The maximum atomic E-state index is 12.1. The number of nitrogens with two attached hydrogens (primary N) is 1. The number of rotatable bonds is 4. The first-order valence-electron chi connectivity index (χ1n) is 10.6. The molecule has 6 rings (SSSR count). The van der Waals surface area contributed by atoms with Gasteiger partial charge in [0.25, 0.3) is 5.91 Å². The first-order chi connectivity index (χ1) is 12.5. The topological polar surface area (TPSA) is 92.0 Å². The highest BCUT2D eigenvalue weighted by molar-refractivity contribution is 5.92. The van der Waals surface area contributed by atoms with Crippen molar-refractivity contribution < 1.29 is 9.90 Å². The van der Waals surface area contributed by atoms with Crippen LogP contribution in [0, 0.1) is 23.2 Å². The quantitative estimate of drug-likeness (QED) is 0.765. The van der Waals surface area contributed by atoms with Gasteiger partial charge in [0.05, 0.1) is 0 Å². The van der Waals surface area contributed by atoms with Crippen LogP contribution in [0.15, 0.2) is 0 Å². The van der Waals surface area contributed by atoms with E-state index in [2.05, 4.69) is 4.98 Å². The first kappa shape index (κ1) is 16.8. The van der Waals surface area contributed by atoms with Gasteiger partial charge in [-0.25, -0.2) is 4.98 Å². The molecule has 5 saturated carbocycles. The second-order valence-corrected chi connectivity index (χ2v) is 9.76. The number of hydrogen-bond acceptors (Lipinski definition) is 3. The van der Waals surface area contributed by atoms with Crippen LogP contribution in [-0.2, 0) is 0 Å². The first-order valence-corrected chi connectivity index (χ1v) is 10.6. The third-order valence-corrected chi connectivity index (χ3v) is 7.91. The van der Waals surface area contributed by atoms with Gasteiger partial charge in [0.2, 0.25) is 0 Å². The molecule has 0 radical (unpaired) electrons. The number of H-pyrrole nitrogens is 1. The van der Waals surface area contributed by atoms with Gasteiger partial charge in [0, 0.05) is 11.3 Å². The minimum Gasteiger partial charge on any atom is -0.386 e. The van der Waals surface area contributed by atoms with Crippen molar-refractivity contribution >= 4 is 5.91 Å². The number of carbonyl (C=O) groups excluding carboxylic acids is 1. The molecule has 5 aliphatic rings. The van der Waals surface area contributed by atoms with E-state index in [4.69, 9.17) is 10.7 Å². The molecule has 0 spiro atoms. The molecule has 4 bridgehead atoms. The standard InChI is InChI=1S/C21H31N3O2/c22-19(26)17-16(23-20(24-17)15-4-2-1-3-5-15)18(25)21-9-12-6-13(10-21)8-14(7-12)11-21/h12-15,18,25H,1-11H2,(H2,22,26)(H,23,24). The second kappa shape index (κ2) is 6.08. The number of aliphatic hydroxyl groups is 1. The van der Waals surface area contributed by atoms with E-state index in [1.807, 2.05) is 0 Å². The van der Waals surface area contributed by atoms with E-state index in [0.29, 0.717) is 17.3 Å². The second-order valence-electron chi connectivity index (χ2n) is 9.76. The third-order valence-electron chi connectivity index (χ3n) is 7.91. The van der Waals surface area contributed by atoms with E-state index < -0.39 is 12.0 Å². The predicted octanol–water partition coefficient (Wildman–Crippen LogP) is 3.81. The zero-order valence-corrected chi connectivity index (χ0v) is 15.5. The molecule has 5 heteroatoms. The normalized spacial score (nSPS) is 37.8. The molecule has 0 aromatic carbocycles. The van der Waals surface area contributed by atoms with E-state index in [1.54, 1.807) is 0 Å². The Bertz CT molecular complexity index is 669. The molecule has 5 aliphatic carbocycles. The van der Waals surface area contributed by atoms with Gasteiger partial charge in [-0.15, -0.1) is 0 Å². The molecule has 1 aromatic rings. The molecule has 5 fully saturated rings. The maximum absolute atomic E-state index is 12.1. The number of nitrogens with one attached hydrogen (secondary N) is 1. The summed E-state index contributed by atoms with van der Waals surface area (Å²) in [6.07, 6.45) is 12.5. The Kier molecular flexibility index (Phi) is 3.93. The van der Waals surface area contributed by atoms with Gasteiger partial charge >= 0.3 is 0 Å². The summed E-state index contributed by atoms with van der Waals surface area (Å²) in [5.41, 5.74) is 6.48. The molecule has 1 atom stereocenters. The Hall–Kier alpha value is -1.36. The Balaban J connectivity index is 1.48. The van der Waals surface area contributed by atoms with Gasteiger partial charge in [-0.3, -0.25) is 4.79 Å². The van der Waals surface area contributed by atoms with Crippen LogP contribution in [0.5, 0.6) is 0 Å². The third kappa shape index (κ3) is 2.62. The van der Waals surface area contributed by atoms with E-state index in [1.165, 1.54) is 38.5 Å². The molecule has 26 heavy (non-hydrogen) atoms. The number of carbonyl (C=O) groups is 1. The lowest BCUT2D eigenvalue weighted by Gasteiger charge is -2.58. The van der Waals surface area contributed by atoms with Crippen molar-refractivity contribution in [1.82, 2.24) is 9.97 Å². The van der Waals surface area contributed by atoms with Crippen LogP contribution in [0.2, 0.25) is 0 Å². The van der Waals surface area contributed by atoms with Gasteiger partial charge < -0.3 is 15.8 Å². The molecule has 142 valence electrons. The highest BCUT2D eigenvalue weighted by atomic mass is 16.3. The van der Waals surface area contributed by atoms with Crippen LogP contribution >= 0.6 is 0 Å². The van der Waals surface area contributed by atoms with Gasteiger partial charge in [0.15, 0.2) is 0 Å². The van der Waals surface area contributed by atoms with Crippen LogP contribution in [-0.4, -0.2) is 21.0 Å². The van der Waals surface area contributed by atoms with Crippen molar-refractivity contribution in [2.24, 2.45) is 28.9 Å². The summed E-state index contributed by atoms with van der Waals surface area (Å²) in [6, 6.07) is 0. The predicted molar refractivity (Wildman–Crippen MR) is 98.5 cm³/mol. The van der Waals surface area contributed by atoms with Crippen LogP contribution in [0.25, 0.3) is 0 Å². The van der Waals surface area contributed by atoms with Crippen LogP contribution < -0.4 is 5.73 Å². The number of aromatic nitrogens is 2. The van der Waals surface area contributed by atoms with Crippen LogP contribution in [0.4, 0.5) is 0 Å². The molecule has 4 N–H and O–H groups in total. The average Bonchev–Trinajstić information content (AvgIpc) is 3.06. The lowest BCUT2D eigenvalue weighted by Crippen LogP contribution is -2.49. The molecular formula is C21H31N3O2. The van der Waals surface area contributed by atoms with Crippen molar-refractivity contribution in [2.75, 3.05) is 0 Å². The van der Waals surface area contributed by atoms with E-state index in [0.717, 1.165) is 55.7 Å². The van der Waals surface area contributed by atoms with Crippen molar-refractivity contribution in [2.45, 2.75) is 82.7 Å². The van der Waals surface area contributed by atoms with Crippen molar-refractivity contribution in [3.8, 4) is 0 Å². The Labute approximate surface area is 155 Å². The summed E-state index contributed by atoms with van der Waals surface area (Å²) >= 11 is 0. The zero-order chi connectivity index (χ0) is 17.9. The van der Waals surface area contributed by atoms with Crippen molar-refractivity contribution in [1.29, 1.82) is 0 Å². The summed E-state index contributed by atoms with van der Waals surface area (Å²) in [7, 11) is 0. The van der Waals surface area contributed by atoms with Gasteiger partial charge in [0.1, 0.15) is 23.3 Å². The number of primary amides is 1.